The van der Waals surface area contributed by atoms with Crippen molar-refractivity contribution in [3.05, 3.63) is 94.8 Å². The molecule has 6 heteroatoms. The van der Waals surface area contributed by atoms with Crippen molar-refractivity contribution in [3.63, 3.8) is 0 Å². The summed E-state index contributed by atoms with van der Waals surface area (Å²) in [6.07, 6.45) is 5.01. The van der Waals surface area contributed by atoms with Crippen LogP contribution in [0.3, 0.4) is 0 Å². The van der Waals surface area contributed by atoms with Crippen LogP contribution in [-0.4, -0.2) is 15.9 Å². The molecule has 0 atom stereocenters. The Bertz CT molecular complexity index is 1230. The van der Waals surface area contributed by atoms with Gasteiger partial charge in [-0.05, 0) is 47.4 Å². The molecule has 0 N–H and O–H groups in total. The number of hydrogen-bond acceptors (Lipinski definition) is 4. The highest BCUT2D eigenvalue weighted by molar-refractivity contribution is 7.22. The zero-order valence-corrected chi connectivity index (χ0v) is 18.9. The van der Waals surface area contributed by atoms with Gasteiger partial charge in [-0.2, -0.15) is 0 Å². The molecular formula is C25H22ClN3OS. The highest BCUT2D eigenvalue weighted by Gasteiger charge is 2.20. The number of para-hydroxylation sites is 1. The predicted octanol–water partition coefficient (Wildman–Crippen LogP) is 6.71. The molecule has 0 aliphatic rings. The highest BCUT2D eigenvalue weighted by atomic mass is 35.5. The van der Waals surface area contributed by atoms with Crippen LogP contribution < -0.4 is 4.90 Å². The first-order valence-corrected chi connectivity index (χ1v) is 11.3. The van der Waals surface area contributed by atoms with E-state index in [4.69, 9.17) is 16.6 Å². The van der Waals surface area contributed by atoms with Crippen LogP contribution in [0, 0.1) is 0 Å². The number of anilines is 1. The predicted molar refractivity (Wildman–Crippen MR) is 130 cm³/mol. The maximum atomic E-state index is 13.3. The smallest absolute Gasteiger partial charge is 0.253 e. The van der Waals surface area contributed by atoms with E-state index in [9.17, 15) is 4.79 Å². The van der Waals surface area contributed by atoms with Crippen LogP contribution in [0.1, 0.15) is 36.6 Å². The lowest BCUT2D eigenvalue weighted by molar-refractivity contribution is -0.114. The summed E-state index contributed by atoms with van der Waals surface area (Å²) in [5.41, 5.74) is 3.72. The fraction of sp³-hybridized carbons (Fsp3) is 0.160. The van der Waals surface area contributed by atoms with Crippen molar-refractivity contribution in [2.75, 3.05) is 4.90 Å². The van der Waals surface area contributed by atoms with Gasteiger partial charge >= 0.3 is 0 Å². The molecule has 0 radical (unpaired) electrons. The fourth-order valence-electron chi connectivity index (χ4n) is 3.29. The molecule has 0 bridgehead atoms. The van der Waals surface area contributed by atoms with Crippen LogP contribution in [0.2, 0.25) is 5.02 Å². The number of carbonyl (C=O) groups excluding carboxylic acids is 1. The van der Waals surface area contributed by atoms with Gasteiger partial charge in [0, 0.05) is 17.3 Å². The first-order valence-electron chi connectivity index (χ1n) is 10.1. The number of aromatic nitrogens is 2. The number of halogens is 1. The van der Waals surface area contributed by atoms with E-state index in [2.05, 4.69) is 24.9 Å². The summed E-state index contributed by atoms with van der Waals surface area (Å²) in [4.78, 5) is 24.2. The average molecular weight is 448 g/mol. The third kappa shape index (κ3) is 4.84. The first kappa shape index (κ1) is 21.2. The molecule has 2 aromatic heterocycles. The molecule has 4 rings (SSSR count). The quantitative estimate of drug-likeness (QED) is 0.308. The zero-order valence-electron chi connectivity index (χ0n) is 17.3. The summed E-state index contributed by atoms with van der Waals surface area (Å²) >= 11 is 7.75. The van der Waals surface area contributed by atoms with Gasteiger partial charge in [0.25, 0.3) is 5.91 Å². The number of fused-ring (bicyclic) bond motifs is 1. The Labute approximate surface area is 190 Å². The number of thiazole rings is 1. The number of hydrogen-bond donors (Lipinski definition) is 0. The number of carbonyl (C=O) groups is 1. The number of rotatable bonds is 6. The monoisotopic (exact) mass is 447 g/mol. The zero-order chi connectivity index (χ0) is 21.8. The SMILES string of the molecule is CC(C)c1cccc2sc(N(Cc3ccccn3)C(=O)/C=C/c3ccccc3Cl)nc12. The molecule has 0 saturated carbocycles. The molecule has 2 aromatic carbocycles. The lowest BCUT2D eigenvalue weighted by Gasteiger charge is -2.17. The van der Waals surface area contributed by atoms with E-state index in [1.165, 1.54) is 16.9 Å². The number of benzene rings is 2. The Balaban J connectivity index is 1.72. The molecule has 0 unspecified atom stereocenters. The van der Waals surface area contributed by atoms with Crippen molar-refractivity contribution in [2.45, 2.75) is 26.3 Å². The summed E-state index contributed by atoms with van der Waals surface area (Å²) in [6, 6.07) is 19.3. The maximum Gasteiger partial charge on any atom is 0.253 e. The van der Waals surface area contributed by atoms with Gasteiger partial charge < -0.3 is 0 Å². The Kier molecular flexibility index (Phi) is 6.44. The lowest BCUT2D eigenvalue weighted by atomic mass is 10.0. The molecular weight excluding hydrogens is 426 g/mol. The van der Waals surface area contributed by atoms with Gasteiger partial charge in [-0.15, -0.1) is 0 Å². The van der Waals surface area contributed by atoms with Gasteiger partial charge in [-0.3, -0.25) is 14.7 Å². The summed E-state index contributed by atoms with van der Waals surface area (Å²) in [6.45, 7) is 4.64. The molecule has 4 nitrogen and oxygen atoms in total. The third-order valence-electron chi connectivity index (χ3n) is 4.91. The molecule has 0 saturated heterocycles. The summed E-state index contributed by atoms with van der Waals surface area (Å²) in [7, 11) is 0. The molecule has 2 heterocycles. The van der Waals surface area contributed by atoms with Crippen molar-refractivity contribution in [1.29, 1.82) is 0 Å². The molecule has 156 valence electrons. The lowest BCUT2D eigenvalue weighted by Crippen LogP contribution is -2.29. The Hall–Kier alpha value is -3.02. The van der Waals surface area contributed by atoms with Gasteiger partial charge in [-0.1, -0.05) is 73.2 Å². The molecule has 1 amide bonds. The second kappa shape index (κ2) is 9.41. The van der Waals surface area contributed by atoms with E-state index in [1.807, 2.05) is 48.5 Å². The van der Waals surface area contributed by atoms with Crippen LogP contribution in [0.15, 0.2) is 72.9 Å². The fourth-order valence-corrected chi connectivity index (χ4v) is 4.50. The van der Waals surface area contributed by atoms with Gasteiger partial charge in [0.1, 0.15) is 0 Å². The van der Waals surface area contributed by atoms with E-state index in [0.29, 0.717) is 22.6 Å². The average Bonchev–Trinajstić information content (AvgIpc) is 3.21. The summed E-state index contributed by atoms with van der Waals surface area (Å²) < 4.78 is 1.06. The Morgan fingerprint density at radius 1 is 1.10 bits per heavy atom. The minimum atomic E-state index is -0.171. The first-order chi connectivity index (χ1) is 15.0. The maximum absolute atomic E-state index is 13.3. The van der Waals surface area contributed by atoms with E-state index in [-0.39, 0.29) is 5.91 Å². The van der Waals surface area contributed by atoms with Crippen molar-refractivity contribution < 1.29 is 4.79 Å². The van der Waals surface area contributed by atoms with Crippen molar-refractivity contribution in [2.24, 2.45) is 0 Å². The number of nitrogens with zero attached hydrogens (tertiary/aromatic N) is 3. The second-order valence-electron chi connectivity index (χ2n) is 7.45. The van der Waals surface area contributed by atoms with Gasteiger partial charge in [-0.25, -0.2) is 4.98 Å². The van der Waals surface area contributed by atoms with Crippen molar-refractivity contribution in [1.82, 2.24) is 9.97 Å². The number of amides is 1. The van der Waals surface area contributed by atoms with E-state index in [0.717, 1.165) is 21.5 Å². The van der Waals surface area contributed by atoms with Gasteiger partial charge in [0.05, 0.1) is 22.5 Å². The van der Waals surface area contributed by atoms with Crippen molar-refractivity contribution in [3.8, 4) is 0 Å². The van der Waals surface area contributed by atoms with Crippen LogP contribution in [0.5, 0.6) is 0 Å². The van der Waals surface area contributed by atoms with E-state index < -0.39 is 0 Å². The van der Waals surface area contributed by atoms with E-state index >= 15 is 0 Å². The topological polar surface area (TPSA) is 46.1 Å². The third-order valence-corrected chi connectivity index (χ3v) is 6.30. The Morgan fingerprint density at radius 2 is 1.90 bits per heavy atom. The highest BCUT2D eigenvalue weighted by Crippen LogP contribution is 2.34. The summed E-state index contributed by atoms with van der Waals surface area (Å²) in [5, 5.41) is 1.26. The molecule has 4 aromatic rings. The molecule has 0 aliphatic heterocycles. The Morgan fingerprint density at radius 3 is 2.65 bits per heavy atom. The normalized spacial score (nSPS) is 11.5. The van der Waals surface area contributed by atoms with Crippen LogP contribution >= 0.6 is 22.9 Å². The van der Waals surface area contributed by atoms with E-state index in [1.54, 1.807) is 29.3 Å². The molecule has 0 aliphatic carbocycles. The van der Waals surface area contributed by atoms with Crippen molar-refractivity contribution >= 4 is 50.3 Å². The largest absolute Gasteiger partial charge is 0.278 e. The van der Waals surface area contributed by atoms with Crippen LogP contribution in [0.25, 0.3) is 16.3 Å². The minimum Gasteiger partial charge on any atom is -0.278 e. The van der Waals surface area contributed by atoms with Gasteiger partial charge in [0.2, 0.25) is 0 Å². The number of pyridine rings is 1. The summed E-state index contributed by atoms with van der Waals surface area (Å²) in [5.74, 6) is 0.175. The standard InChI is InChI=1S/C25H22ClN3OS/c1-17(2)20-10-7-12-22-24(20)28-25(31-22)29(16-19-9-5-6-15-27-19)23(30)14-13-18-8-3-4-11-21(18)26/h3-15,17H,16H2,1-2H3/b14-13+. The second-order valence-corrected chi connectivity index (χ2v) is 8.86. The molecule has 0 fully saturated rings. The molecule has 31 heavy (non-hydrogen) atoms. The minimum absolute atomic E-state index is 0.171. The van der Waals surface area contributed by atoms with Crippen LogP contribution in [-0.2, 0) is 11.3 Å². The van der Waals surface area contributed by atoms with Gasteiger partial charge in [0.15, 0.2) is 5.13 Å². The van der Waals surface area contributed by atoms with Crippen LogP contribution in [0.4, 0.5) is 5.13 Å². The molecule has 0 spiro atoms.